The van der Waals surface area contributed by atoms with Gasteiger partial charge in [-0.05, 0) is 63.4 Å². The van der Waals surface area contributed by atoms with Crippen molar-refractivity contribution in [3.05, 3.63) is 54.1 Å². The first-order valence-electron chi connectivity index (χ1n) is 8.27. The maximum atomic E-state index is 13.2. The molecule has 5 nitrogen and oxygen atoms in total. The Morgan fingerprint density at radius 2 is 1.65 bits per heavy atom. The molecule has 0 fully saturated rings. The summed E-state index contributed by atoms with van der Waals surface area (Å²) in [7, 11) is -3.86. The van der Waals surface area contributed by atoms with Crippen LogP contribution in [-0.2, 0) is 14.8 Å². The van der Waals surface area contributed by atoms with Crippen molar-refractivity contribution in [3.63, 3.8) is 0 Å². The van der Waals surface area contributed by atoms with E-state index in [1.54, 1.807) is 36.4 Å². The van der Waals surface area contributed by atoms with Crippen LogP contribution in [0.1, 0.15) is 19.4 Å². The summed E-state index contributed by atoms with van der Waals surface area (Å²) in [5.41, 5.74) is 1.48. The first kappa shape index (κ1) is 20.3. The van der Waals surface area contributed by atoms with Crippen LogP contribution in [0.2, 0.25) is 0 Å². The van der Waals surface area contributed by atoms with E-state index >= 15 is 0 Å². The molecule has 2 aromatic rings. The van der Waals surface area contributed by atoms with Gasteiger partial charge in [-0.3, -0.25) is 9.10 Å². The number of sulfonamides is 1. The Morgan fingerprint density at radius 1 is 1.08 bits per heavy atom. The van der Waals surface area contributed by atoms with E-state index in [1.165, 1.54) is 11.8 Å². The molecule has 0 saturated heterocycles. The Morgan fingerprint density at radius 3 is 2.15 bits per heavy atom. The maximum Gasteiger partial charge on any atom is 0.264 e. The predicted octanol–water partition coefficient (Wildman–Crippen LogP) is 3.44. The highest BCUT2D eigenvalue weighted by molar-refractivity contribution is 7.98. The minimum absolute atomic E-state index is 0.0639. The fraction of sp³-hybridized carbons (Fsp3) is 0.316. The number of carbonyl (C=O) groups is 1. The molecule has 0 aliphatic carbocycles. The molecule has 26 heavy (non-hydrogen) atoms. The molecule has 0 aliphatic heterocycles. The highest BCUT2D eigenvalue weighted by Gasteiger charge is 2.27. The van der Waals surface area contributed by atoms with Crippen molar-refractivity contribution in [1.82, 2.24) is 5.32 Å². The summed E-state index contributed by atoms with van der Waals surface area (Å²) >= 11 is 1.54. The highest BCUT2D eigenvalue weighted by atomic mass is 32.2. The molecule has 0 spiro atoms. The van der Waals surface area contributed by atoms with Gasteiger partial charge < -0.3 is 5.32 Å². The third-order valence-electron chi connectivity index (χ3n) is 3.71. The number of thioether (sulfide) groups is 1. The van der Waals surface area contributed by atoms with Crippen molar-refractivity contribution in [1.29, 1.82) is 0 Å². The van der Waals surface area contributed by atoms with E-state index in [9.17, 15) is 13.2 Å². The van der Waals surface area contributed by atoms with Crippen molar-refractivity contribution >= 4 is 33.4 Å². The van der Waals surface area contributed by atoms with Gasteiger partial charge in [0.05, 0.1) is 10.6 Å². The van der Waals surface area contributed by atoms with Gasteiger partial charge in [0.25, 0.3) is 10.0 Å². The Balaban J connectivity index is 2.43. The molecule has 0 unspecified atom stereocenters. The normalized spacial score (nSPS) is 11.4. The first-order chi connectivity index (χ1) is 12.2. The quantitative estimate of drug-likeness (QED) is 0.733. The maximum absolute atomic E-state index is 13.2. The Labute approximate surface area is 159 Å². The molecular formula is C19H24N2O3S2. The first-order valence-corrected chi connectivity index (χ1v) is 10.9. The molecule has 0 saturated carbocycles. The zero-order valence-electron chi connectivity index (χ0n) is 15.4. The Hall–Kier alpha value is -1.99. The monoisotopic (exact) mass is 392 g/mol. The molecule has 1 N–H and O–H groups in total. The minimum atomic E-state index is -3.86. The fourth-order valence-corrected chi connectivity index (χ4v) is 4.23. The molecule has 2 aromatic carbocycles. The number of amides is 1. The van der Waals surface area contributed by atoms with Gasteiger partial charge in [-0.15, -0.1) is 11.8 Å². The zero-order valence-corrected chi connectivity index (χ0v) is 17.0. The van der Waals surface area contributed by atoms with Crippen LogP contribution in [0.15, 0.2) is 58.3 Å². The van der Waals surface area contributed by atoms with Crippen LogP contribution in [0.5, 0.6) is 0 Å². The van der Waals surface area contributed by atoms with Crippen LogP contribution in [-0.4, -0.2) is 33.2 Å². The van der Waals surface area contributed by atoms with Crippen molar-refractivity contribution in [2.24, 2.45) is 0 Å². The van der Waals surface area contributed by atoms with Crippen molar-refractivity contribution < 1.29 is 13.2 Å². The lowest BCUT2D eigenvalue weighted by Crippen LogP contribution is -2.42. The van der Waals surface area contributed by atoms with Gasteiger partial charge in [0.1, 0.15) is 6.54 Å². The molecule has 140 valence electrons. The molecule has 0 heterocycles. The molecule has 0 aromatic heterocycles. The molecule has 7 heteroatoms. The van der Waals surface area contributed by atoms with Gasteiger partial charge in [-0.2, -0.15) is 0 Å². The van der Waals surface area contributed by atoms with Crippen LogP contribution in [0.4, 0.5) is 5.69 Å². The van der Waals surface area contributed by atoms with E-state index in [4.69, 9.17) is 0 Å². The second-order valence-electron chi connectivity index (χ2n) is 6.24. The number of hydrogen-bond acceptors (Lipinski definition) is 4. The lowest BCUT2D eigenvalue weighted by Gasteiger charge is -2.25. The number of anilines is 1. The van der Waals surface area contributed by atoms with Crippen molar-refractivity contribution in [3.8, 4) is 0 Å². The van der Waals surface area contributed by atoms with Crippen LogP contribution in [0.25, 0.3) is 0 Å². The van der Waals surface area contributed by atoms with E-state index in [-0.39, 0.29) is 23.4 Å². The van der Waals surface area contributed by atoms with Crippen LogP contribution < -0.4 is 9.62 Å². The topological polar surface area (TPSA) is 66.5 Å². The second-order valence-corrected chi connectivity index (χ2v) is 8.99. The third-order valence-corrected chi connectivity index (χ3v) is 6.24. The summed E-state index contributed by atoms with van der Waals surface area (Å²) in [5.74, 6) is -0.343. The van der Waals surface area contributed by atoms with E-state index in [1.807, 2.05) is 39.2 Å². The van der Waals surface area contributed by atoms with E-state index < -0.39 is 10.0 Å². The second kappa shape index (κ2) is 8.60. The number of carbonyl (C=O) groups excluding carboxylic acids is 1. The summed E-state index contributed by atoms with van der Waals surface area (Å²) in [6.07, 6.45) is 1.93. The summed E-state index contributed by atoms with van der Waals surface area (Å²) in [6, 6.07) is 13.7. The van der Waals surface area contributed by atoms with Crippen molar-refractivity contribution in [2.75, 3.05) is 17.1 Å². The largest absolute Gasteiger partial charge is 0.352 e. The van der Waals surface area contributed by atoms with Gasteiger partial charge in [0.15, 0.2) is 0 Å². The molecule has 0 radical (unpaired) electrons. The molecule has 0 bridgehead atoms. The molecular weight excluding hydrogens is 368 g/mol. The van der Waals surface area contributed by atoms with Gasteiger partial charge >= 0.3 is 0 Å². The fourth-order valence-electron chi connectivity index (χ4n) is 2.40. The number of aryl methyl sites for hydroxylation is 1. The van der Waals surface area contributed by atoms with Crippen LogP contribution >= 0.6 is 11.8 Å². The van der Waals surface area contributed by atoms with Gasteiger partial charge in [-0.1, -0.05) is 17.7 Å². The highest BCUT2D eigenvalue weighted by Crippen LogP contribution is 2.25. The van der Waals surface area contributed by atoms with Gasteiger partial charge in [0.2, 0.25) is 5.91 Å². The number of nitrogens with zero attached hydrogens (tertiary/aromatic N) is 1. The predicted molar refractivity (Wildman–Crippen MR) is 107 cm³/mol. The van der Waals surface area contributed by atoms with E-state index in [0.717, 1.165) is 14.8 Å². The van der Waals surface area contributed by atoms with Crippen LogP contribution in [0, 0.1) is 6.92 Å². The number of rotatable bonds is 7. The number of hydrogen-bond donors (Lipinski definition) is 1. The lowest BCUT2D eigenvalue weighted by atomic mass is 10.2. The summed E-state index contributed by atoms with van der Waals surface area (Å²) in [6.45, 7) is 5.33. The number of nitrogens with one attached hydrogen (secondary N) is 1. The average molecular weight is 393 g/mol. The minimum Gasteiger partial charge on any atom is -0.352 e. The third kappa shape index (κ3) is 5.02. The molecule has 2 rings (SSSR count). The summed E-state index contributed by atoms with van der Waals surface area (Å²) in [5, 5.41) is 2.75. The lowest BCUT2D eigenvalue weighted by molar-refractivity contribution is -0.120. The van der Waals surface area contributed by atoms with Crippen molar-refractivity contribution in [2.45, 2.75) is 36.6 Å². The van der Waals surface area contributed by atoms with Crippen LogP contribution in [0.3, 0.4) is 0 Å². The smallest absolute Gasteiger partial charge is 0.264 e. The summed E-state index contributed by atoms with van der Waals surface area (Å²) in [4.78, 5) is 13.4. The standard InChI is InChI=1S/C19H24N2O3S2/c1-14(2)20-19(22)13-21(16-7-5-15(3)6-8-16)26(23,24)18-11-9-17(25-4)10-12-18/h5-12,14H,13H2,1-4H3,(H,20,22). The summed E-state index contributed by atoms with van der Waals surface area (Å²) < 4.78 is 27.5. The Bertz CT molecular complexity index is 845. The molecule has 1 amide bonds. The Kier molecular flexibility index (Phi) is 6.72. The number of benzene rings is 2. The SMILES string of the molecule is CSc1ccc(S(=O)(=O)N(CC(=O)NC(C)C)c2ccc(C)cc2)cc1. The van der Waals surface area contributed by atoms with Gasteiger partial charge in [0, 0.05) is 10.9 Å². The van der Waals surface area contributed by atoms with E-state index in [0.29, 0.717) is 5.69 Å². The average Bonchev–Trinajstić information content (AvgIpc) is 2.60. The molecule has 0 aliphatic rings. The van der Waals surface area contributed by atoms with Gasteiger partial charge in [-0.25, -0.2) is 8.42 Å². The van der Waals surface area contributed by atoms with E-state index in [2.05, 4.69) is 5.32 Å². The zero-order chi connectivity index (χ0) is 19.3. The molecule has 0 atom stereocenters.